The number of carbonyl (C=O) groups is 2. The molecule has 5 rings (SSSR count). The minimum absolute atomic E-state index is 0.188. The molecule has 0 saturated heterocycles. The third-order valence-electron chi connectivity index (χ3n) is 6.54. The maximum Gasteiger partial charge on any atom is 0.311 e. The van der Waals surface area contributed by atoms with E-state index in [1.165, 1.54) is 0 Å². The van der Waals surface area contributed by atoms with E-state index in [1.807, 2.05) is 12.1 Å². The SMILES string of the molecule is O=C(NCCc1ccc(Cl)cc1Cl)c1ccc(Oc2cc3c(cc2C2CC2)C(C(=O)O)CCO3)cc1. The Hall–Kier alpha value is -3.22. The van der Waals surface area contributed by atoms with Crippen LogP contribution in [0.2, 0.25) is 10.0 Å². The second-order valence-electron chi connectivity index (χ2n) is 9.10. The van der Waals surface area contributed by atoms with Crippen molar-refractivity contribution in [2.24, 2.45) is 0 Å². The molecule has 1 atom stereocenters. The number of hydrogen-bond donors (Lipinski definition) is 2. The topological polar surface area (TPSA) is 84.9 Å². The summed E-state index contributed by atoms with van der Waals surface area (Å²) < 4.78 is 11.9. The number of ether oxygens (including phenoxy) is 2. The standard InChI is InChI=1S/C28H25Cl2NO5/c29-19-6-3-17(24(30)13-19)9-11-31-27(32)18-4-7-20(8-5-18)36-26-15-25-23(14-22(26)16-1-2-16)21(28(33)34)10-12-35-25/h3-8,13-16,21H,1-2,9-12H2,(H,31,32)(H,33,34). The van der Waals surface area contributed by atoms with Crippen molar-refractivity contribution in [3.63, 3.8) is 0 Å². The molecule has 36 heavy (non-hydrogen) atoms. The molecule has 8 heteroatoms. The van der Waals surface area contributed by atoms with Crippen LogP contribution in [0.15, 0.2) is 54.6 Å². The van der Waals surface area contributed by atoms with Crippen LogP contribution in [-0.2, 0) is 11.2 Å². The first-order valence-electron chi connectivity index (χ1n) is 11.9. The highest BCUT2D eigenvalue weighted by Crippen LogP contribution is 2.49. The summed E-state index contributed by atoms with van der Waals surface area (Å²) in [5, 5.41) is 13.7. The Morgan fingerprint density at radius 3 is 2.47 bits per heavy atom. The Labute approximate surface area is 219 Å². The summed E-state index contributed by atoms with van der Waals surface area (Å²) in [5.41, 5.74) is 3.16. The van der Waals surface area contributed by atoms with Gasteiger partial charge in [-0.1, -0.05) is 29.3 Å². The molecule has 1 aliphatic carbocycles. The minimum Gasteiger partial charge on any atom is -0.493 e. The molecule has 2 aliphatic rings. The smallest absolute Gasteiger partial charge is 0.311 e. The van der Waals surface area contributed by atoms with Crippen LogP contribution >= 0.6 is 23.2 Å². The predicted octanol–water partition coefficient (Wildman–Crippen LogP) is 6.59. The number of halogens is 2. The van der Waals surface area contributed by atoms with Crippen molar-refractivity contribution in [2.75, 3.05) is 13.2 Å². The molecule has 6 nitrogen and oxygen atoms in total. The third-order valence-corrected chi connectivity index (χ3v) is 7.12. The molecule has 1 fully saturated rings. The van der Waals surface area contributed by atoms with E-state index < -0.39 is 11.9 Å². The van der Waals surface area contributed by atoms with Crippen LogP contribution in [0.4, 0.5) is 0 Å². The van der Waals surface area contributed by atoms with Crippen molar-refractivity contribution < 1.29 is 24.2 Å². The number of fused-ring (bicyclic) bond motifs is 1. The van der Waals surface area contributed by atoms with Gasteiger partial charge in [-0.2, -0.15) is 0 Å². The first kappa shape index (κ1) is 24.5. The van der Waals surface area contributed by atoms with Crippen molar-refractivity contribution in [3.8, 4) is 17.2 Å². The molecular formula is C28H25Cl2NO5. The zero-order valence-corrected chi connectivity index (χ0v) is 20.9. The summed E-state index contributed by atoms with van der Waals surface area (Å²) in [6.07, 6.45) is 3.15. The zero-order valence-electron chi connectivity index (χ0n) is 19.4. The number of hydrogen-bond acceptors (Lipinski definition) is 4. The molecular weight excluding hydrogens is 501 g/mol. The number of amides is 1. The van der Waals surface area contributed by atoms with Gasteiger partial charge in [-0.05, 0) is 85.2 Å². The van der Waals surface area contributed by atoms with E-state index in [1.54, 1.807) is 42.5 Å². The van der Waals surface area contributed by atoms with Gasteiger partial charge in [-0.25, -0.2) is 0 Å². The highest BCUT2D eigenvalue weighted by Gasteiger charge is 2.33. The molecule has 0 spiro atoms. The van der Waals surface area contributed by atoms with E-state index in [0.29, 0.717) is 64.8 Å². The normalized spacial score (nSPS) is 16.6. The maximum atomic E-state index is 12.6. The average Bonchev–Trinajstić information content (AvgIpc) is 3.70. The van der Waals surface area contributed by atoms with Gasteiger partial charge in [0.25, 0.3) is 5.91 Å². The van der Waals surface area contributed by atoms with E-state index in [-0.39, 0.29) is 5.91 Å². The monoisotopic (exact) mass is 525 g/mol. The predicted molar refractivity (Wildman–Crippen MR) is 138 cm³/mol. The van der Waals surface area contributed by atoms with Crippen LogP contribution in [0.3, 0.4) is 0 Å². The van der Waals surface area contributed by atoms with Crippen LogP contribution < -0.4 is 14.8 Å². The molecule has 0 aromatic heterocycles. The van der Waals surface area contributed by atoms with Gasteiger partial charge in [-0.3, -0.25) is 9.59 Å². The van der Waals surface area contributed by atoms with Crippen LogP contribution in [-0.4, -0.2) is 30.1 Å². The van der Waals surface area contributed by atoms with Crippen LogP contribution in [0.5, 0.6) is 17.2 Å². The molecule has 1 aliphatic heterocycles. The number of nitrogens with one attached hydrogen (secondary N) is 1. The fraction of sp³-hybridized carbons (Fsp3) is 0.286. The Balaban J connectivity index is 1.25. The van der Waals surface area contributed by atoms with Crippen LogP contribution in [0, 0.1) is 0 Å². The third kappa shape index (κ3) is 5.45. The Morgan fingerprint density at radius 1 is 1.00 bits per heavy atom. The first-order chi connectivity index (χ1) is 17.4. The van der Waals surface area contributed by atoms with Crippen LogP contribution in [0.25, 0.3) is 0 Å². The average molecular weight is 526 g/mol. The lowest BCUT2D eigenvalue weighted by Gasteiger charge is -2.25. The van der Waals surface area contributed by atoms with E-state index in [0.717, 1.165) is 29.5 Å². The molecule has 186 valence electrons. The van der Waals surface area contributed by atoms with Gasteiger partial charge in [0.15, 0.2) is 0 Å². The summed E-state index contributed by atoms with van der Waals surface area (Å²) in [4.78, 5) is 24.3. The van der Waals surface area contributed by atoms with Crippen molar-refractivity contribution in [3.05, 3.63) is 86.9 Å². The molecule has 0 radical (unpaired) electrons. The quantitative estimate of drug-likeness (QED) is 0.346. The minimum atomic E-state index is -0.833. The summed E-state index contributed by atoms with van der Waals surface area (Å²) in [6.45, 7) is 0.801. The van der Waals surface area contributed by atoms with Crippen molar-refractivity contribution in [1.29, 1.82) is 0 Å². The summed E-state index contributed by atoms with van der Waals surface area (Å²) in [6, 6.07) is 16.0. The summed E-state index contributed by atoms with van der Waals surface area (Å²) in [7, 11) is 0. The van der Waals surface area contributed by atoms with Gasteiger partial charge in [0.1, 0.15) is 17.2 Å². The van der Waals surface area contributed by atoms with Crippen molar-refractivity contribution >= 4 is 35.1 Å². The molecule has 3 aromatic rings. The van der Waals surface area contributed by atoms with E-state index in [4.69, 9.17) is 32.7 Å². The molecule has 3 aromatic carbocycles. The lowest BCUT2D eigenvalue weighted by Crippen LogP contribution is -2.25. The highest BCUT2D eigenvalue weighted by molar-refractivity contribution is 6.35. The molecule has 1 saturated carbocycles. The lowest BCUT2D eigenvalue weighted by atomic mass is 9.90. The summed E-state index contributed by atoms with van der Waals surface area (Å²) >= 11 is 12.1. The van der Waals surface area contributed by atoms with Gasteiger partial charge in [0, 0.05) is 33.8 Å². The first-order valence-corrected chi connectivity index (χ1v) is 12.7. The second-order valence-corrected chi connectivity index (χ2v) is 9.94. The number of carbonyl (C=O) groups excluding carboxylic acids is 1. The number of aliphatic carboxylic acids is 1. The van der Waals surface area contributed by atoms with Crippen LogP contribution in [0.1, 0.15) is 58.1 Å². The van der Waals surface area contributed by atoms with Gasteiger partial charge >= 0.3 is 5.97 Å². The summed E-state index contributed by atoms with van der Waals surface area (Å²) in [5.74, 6) is 0.595. The van der Waals surface area contributed by atoms with Gasteiger partial charge < -0.3 is 19.9 Å². The zero-order chi connectivity index (χ0) is 25.2. The molecule has 1 amide bonds. The highest BCUT2D eigenvalue weighted by atomic mass is 35.5. The van der Waals surface area contributed by atoms with E-state index in [2.05, 4.69) is 5.32 Å². The Bertz CT molecular complexity index is 1300. The number of benzene rings is 3. The molecule has 1 unspecified atom stereocenters. The van der Waals surface area contributed by atoms with Gasteiger partial charge in [-0.15, -0.1) is 0 Å². The number of carboxylic acid groups (broad SMARTS) is 1. The van der Waals surface area contributed by atoms with Crippen molar-refractivity contribution in [2.45, 2.75) is 37.5 Å². The Kier molecular flexibility index (Phi) is 7.08. The second kappa shape index (κ2) is 10.4. The fourth-order valence-electron chi connectivity index (χ4n) is 4.43. The lowest BCUT2D eigenvalue weighted by molar-refractivity contribution is -0.139. The molecule has 2 N–H and O–H groups in total. The van der Waals surface area contributed by atoms with E-state index in [9.17, 15) is 14.7 Å². The van der Waals surface area contributed by atoms with Gasteiger partial charge in [0.05, 0.1) is 12.5 Å². The maximum absolute atomic E-state index is 12.6. The molecule has 0 bridgehead atoms. The number of rotatable bonds is 8. The fourth-order valence-corrected chi connectivity index (χ4v) is 4.93. The number of carboxylic acids is 1. The molecule has 1 heterocycles. The Morgan fingerprint density at radius 2 is 1.78 bits per heavy atom. The van der Waals surface area contributed by atoms with E-state index >= 15 is 0 Å². The largest absolute Gasteiger partial charge is 0.493 e. The van der Waals surface area contributed by atoms with Crippen molar-refractivity contribution in [1.82, 2.24) is 5.32 Å². The van der Waals surface area contributed by atoms with Gasteiger partial charge in [0.2, 0.25) is 0 Å².